The highest BCUT2D eigenvalue weighted by Gasteiger charge is 2.16. The molecule has 2 aromatic rings. The summed E-state index contributed by atoms with van der Waals surface area (Å²) >= 11 is 1.75. The van der Waals surface area contributed by atoms with Crippen molar-refractivity contribution in [3.8, 4) is 11.1 Å². The molecule has 1 aromatic carbocycles. The number of thiophene rings is 1. The Kier molecular flexibility index (Phi) is 2.90. The average molecular weight is 230 g/mol. The summed E-state index contributed by atoms with van der Waals surface area (Å²) in [6.07, 6.45) is 0. The molecule has 84 valence electrons. The second-order valence-electron chi connectivity index (χ2n) is 5.29. The zero-order valence-electron chi connectivity index (χ0n) is 10.4. The fourth-order valence-electron chi connectivity index (χ4n) is 2.11. The van der Waals surface area contributed by atoms with Crippen LogP contribution in [0, 0.1) is 6.92 Å². The van der Waals surface area contributed by atoms with E-state index in [1.807, 2.05) is 0 Å². The third-order valence-electron chi connectivity index (χ3n) is 2.89. The molecule has 0 N–H and O–H groups in total. The van der Waals surface area contributed by atoms with Crippen molar-refractivity contribution in [2.24, 2.45) is 0 Å². The summed E-state index contributed by atoms with van der Waals surface area (Å²) in [4.78, 5) is 0. The van der Waals surface area contributed by atoms with E-state index in [-0.39, 0.29) is 5.41 Å². The molecular weight excluding hydrogens is 212 g/mol. The molecular formula is C15H18S. The minimum Gasteiger partial charge on any atom is -0.152 e. The Hall–Kier alpha value is -1.08. The first-order chi connectivity index (χ1) is 7.48. The van der Waals surface area contributed by atoms with Gasteiger partial charge in [0.2, 0.25) is 0 Å². The minimum absolute atomic E-state index is 0.233. The van der Waals surface area contributed by atoms with E-state index in [9.17, 15) is 0 Å². The number of hydrogen-bond donors (Lipinski definition) is 0. The van der Waals surface area contributed by atoms with Gasteiger partial charge in [0.1, 0.15) is 0 Å². The van der Waals surface area contributed by atoms with Crippen LogP contribution in [0.15, 0.2) is 35.0 Å². The molecule has 0 aliphatic heterocycles. The van der Waals surface area contributed by atoms with Gasteiger partial charge in [0.15, 0.2) is 0 Å². The molecule has 16 heavy (non-hydrogen) atoms. The Bertz CT molecular complexity index is 473. The third kappa shape index (κ3) is 2.19. The Labute approximate surface area is 102 Å². The molecule has 0 bridgehead atoms. The molecule has 0 saturated carbocycles. The number of benzene rings is 1. The molecule has 0 spiro atoms. The van der Waals surface area contributed by atoms with E-state index >= 15 is 0 Å². The molecule has 0 unspecified atom stereocenters. The highest BCUT2D eigenvalue weighted by Crippen LogP contribution is 2.30. The smallest absolute Gasteiger partial charge is 0.00147 e. The summed E-state index contributed by atoms with van der Waals surface area (Å²) in [6.45, 7) is 9.00. The molecule has 0 aliphatic carbocycles. The number of aryl methyl sites for hydroxylation is 1. The first-order valence-corrected chi connectivity index (χ1v) is 6.56. The van der Waals surface area contributed by atoms with Crippen molar-refractivity contribution in [1.82, 2.24) is 0 Å². The van der Waals surface area contributed by atoms with Gasteiger partial charge in [-0.25, -0.2) is 0 Å². The lowest BCUT2D eigenvalue weighted by Crippen LogP contribution is -2.12. The molecule has 0 saturated heterocycles. The van der Waals surface area contributed by atoms with Gasteiger partial charge in [-0.1, -0.05) is 39.0 Å². The lowest BCUT2D eigenvalue weighted by molar-refractivity contribution is 0.586. The standard InChI is InChI=1S/C15H18S/c1-11-9-12(13-7-8-16-10-13)5-6-14(11)15(2,3)4/h5-10H,1-4H3. The van der Waals surface area contributed by atoms with Gasteiger partial charge in [-0.05, 0) is 51.4 Å². The summed E-state index contributed by atoms with van der Waals surface area (Å²) in [5, 5.41) is 4.33. The van der Waals surface area contributed by atoms with Gasteiger partial charge in [-0.3, -0.25) is 0 Å². The first-order valence-electron chi connectivity index (χ1n) is 5.62. The summed E-state index contributed by atoms with van der Waals surface area (Å²) in [7, 11) is 0. The molecule has 1 aromatic heterocycles. The van der Waals surface area contributed by atoms with Gasteiger partial charge in [-0.15, -0.1) is 0 Å². The van der Waals surface area contributed by atoms with Crippen LogP contribution in [-0.2, 0) is 5.41 Å². The van der Waals surface area contributed by atoms with Crippen LogP contribution in [0.2, 0.25) is 0 Å². The maximum atomic E-state index is 2.29. The predicted octanol–water partition coefficient (Wildman–Crippen LogP) is 5.02. The fraction of sp³-hybridized carbons (Fsp3) is 0.333. The van der Waals surface area contributed by atoms with Gasteiger partial charge in [0, 0.05) is 0 Å². The Morgan fingerprint density at radius 2 is 1.75 bits per heavy atom. The van der Waals surface area contributed by atoms with Crippen molar-refractivity contribution >= 4 is 11.3 Å². The zero-order valence-corrected chi connectivity index (χ0v) is 11.2. The van der Waals surface area contributed by atoms with Crippen LogP contribution >= 0.6 is 11.3 Å². The molecule has 0 fully saturated rings. The monoisotopic (exact) mass is 230 g/mol. The lowest BCUT2D eigenvalue weighted by atomic mass is 9.83. The topological polar surface area (TPSA) is 0 Å². The van der Waals surface area contributed by atoms with Crippen molar-refractivity contribution < 1.29 is 0 Å². The first kappa shape index (κ1) is 11.4. The van der Waals surface area contributed by atoms with Crippen LogP contribution in [0.4, 0.5) is 0 Å². The normalized spacial score (nSPS) is 11.8. The largest absolute Gasteiger partial charge is 0.152 e. The van der Waals surface area contributed by atoms with Crippen molar-refractivity contribution in [2.75, 3.05) is 0 Å². The van der Waals surface area contributed by atoms with E-state index in [4.69, 9.17) is 0 Å². The van der Waals surface area contributed by atoms with E-state index in [0.29, 0.717) is 0 Å². The Balaban J connectivity index is 2.45. The highest BCUT2D eigenvalue weighted by atomic mass is 32.1. The molecule has 1 heterocycles. The van der Waals surface area contributed by atoms with Gasteiger partial charge in [0.05, 0.1) is 0 Å². The van der Waals surface area contributed by atoms with Gasteiger partial charge in [-0.2, -0.15) is 11.3 Å². The van der Waals surface area contributed by atoms with Crippen LogP contribution < -0.4 is 0 Å². The number of rotatable bonds is 1. The molecule has 0 nitrogen and oxygen atoms in total. The summed E-state index contributed by atoms with van der Waals surface area (Å²) < 4.78 is 0. The lowest BCUT2D eigenvalue weighted by Gasteiger charge is -2.22. The van der Waals surface area contributed by atoms with Crippen molar-refractivity contribution in [2.45, 2.75) is 33.1 Å². The molecule has 0 radical (unpaired) electrons. The molecule has 0 atom stereocenters. The van der Waals surface area contributed by atoms with Gasteiger partial charge in [0.25, 0.3) is 0 Å². The second-order valence-corrected chi connectivity index (χ2v) is 6.07. The Morgan fingerprint density at radius 1 is 1.00 bits per heavy atom. The molecule has 0 amide bonds. The maximum absolute atomic E-state index is 2.29. The van der Waals surface area contributed by atoms with Crippen molar-refractivity contribution in [3.05, 3.63) is 46.2 Å². The highest BCUT2D eigenvalue weighted by molar-refractivity contribution is 7.08. The summed E-state index contributed by atoms with van der Waals surface area (Å²) in [5.41, 5.74) is 5.71. The van der Waals surface area contributed by atoms with E-state index in [1.165, 1.54) is 22.3 Å². The van der Waals surface area contributed by atoms with E-state index in [0.717, 1.165) is 0 Å². The number of hydrogen-bond acceptors (Lipinski definition) is 1. The summed E-state index contributed by atoms with van der Waals surface area (Å²) in [6, 6.07) is 8.97. The van der Waals surface area contributed by atoms with Crippen LogP contribution in [0.25, 0.3) is 11.1 Å². The van der Waals surface area contributed by atoms with Crippen molar-refractivity contribution in [1.29, 1.82) is 0 Å². The van der Waals surface area contributed by atoms with Crippen LogP contribution in [0.5, 0.6) is 0 Å². The SMILES string of the molecule is Cc1cc(-c2ccsc2)ccc1C(C)(C)C. The van der Waals surface area contributed by atoms with Gasteiger partial charge < -0.3 is 0 Å². The maximum Gasteiger partial charge on any atom is -0.00147 e. The molecule has 0 aliphatic rings. The van der Waals surface area contributed by atoms with Crippen LogP contribution in [0.1, 0.15) is 31.9 Å². The minimum atomic E-state index is 0.233. The zero-order chi connectivity index (χ0) is 11.8. The Morgan fingerprint density at radius 3 is 2.25 bits per heavy atom. The predicted molar refractivity (Wildman–Crippen MR) is 73.2 cm³/mol. The van der Waals surface area contributed by atoms with Crippen molar-refractivity contribution in [3.63, 3.8) is 0 Å². The van der Waals surface area contributed by atoms with Gasteiger partial charge >= 0.3 is 0 Å². The fourth-order valence-corrected chi connectivity index (χ4v) is 2.78. The van der Waals surface area contributed by atoms with E-state index < -0.39 is 0 Å². The average Bonchev–Trinajstić information content (AvgIpc) is 2.68. The third-order valence-corrected chi connectivity index (χ3v) is 3.57. The van der Waals surface area contributed by atoms with Crippen LogP contribution in [-0.4, -0.2) is 0 Å². The van der Waals surface area contributed by atoms with E-state index in [2.05, 4.69) is 62.7 Å². The molecule has 1 heteroatoms. The second kappa shape index (κ2) is 4.06. The summed E-state index contributed by atoms with van der Waals surface area (Å²) in [5.74, 6) is 0. The van der Waals surface area contributed by atoms with Crippen LogP contribution in [0.3, 0.4) is 0 Å². The quantitative estimate of drug-likeness (QED) is 0.645. The van der Waals surface area contributed by atoms with E-state index in [1.54, 1.807) is 11.3 Å². The molecule has 2 rings (SSSR count).